The van der Waals surface area contributed by atoms with Gasteiger partial charge in [-0.15, -0.1) is 11.6 Å². The molecule has 0 aromatic heterocycles. The molecule has 3 amide bonds. The van der Waals surface area contributed by atoms with Crippen molar-refractivity contribution in [3.63, 3.8) is 0 Å². The zero-order valence-corrected chi connectivity index (χ0v) is 67.7. The van der Waals surface area contributed by atoms with Crippen LogP contribution in [0.4, 0.5) is 4.79 Å². The molecule has 4 aromatic carbocycles. The average Bonchev–Trinajstić information content (AvgIpc) is 0.751. The Morgan fingerprint density at radius 1 is 0.393 bits per heavy atom. The van der Waals surface area contributed by atoms with Gasteiger partial charge in [0.15, 0.2) is 80.1 Å². The van der Waals surface area contributed by atoms with Crippen LogP contribution in [0.2, 0.25) is 0 Å². The number of nitrogens with one attached hydrogen (secondary N) is 3. The number of amides is 3. The second kappa shape index (κ2) is 43.6. The molecule has 0 spiro atoms. The molecule has 0 aliphatic carbocycles. The molecule has 117 heavy (non-hydrogen) atoms. The topological polar surface area (TPSA) is 460 Å². The first-order valence-electron chi connectivity index (χ1n) is 34.9. The Morgan fingerprint density at radius 2 is 0.778 bits per heavy atom. The van der Waals surface area contributed by atoms with Crippen molar-refractivity contribution in [1.29, 1.82) is 0 Å². The van der Waals surface area contributed by atoms with E-state index in [1.807, 2.05) is 0 Å². The summed E-state index contributed by atoms with van der Waals surface area (Å²) in [5, 5.41) is 7.18. The third kappa shape index (κ3) is 26.5. The van der Waals surface area contributed by atoms with Crippen LogP contribution >= 0.6 is 81.2 Å². The van der Waals surface area contributed by atoms with Crippen molar-refractivity contribution < 1.29 is 162 Å². The van der Waals surface area contributed by atoms with Gasteiger partial charge in [0, 0.05) is 41.2 Å². The van der Waals surface area contributed by atoms with E-state index in [1.54, 1.807) is 36.4 Å². The minimum absolute atomic E-state index is 0.0311. The second-order valence-corrected chi connectivity index (χ2v) is 30.1. The number of benzene rings is 4. The number of carbonyl (C=O) groups is 14. The molecule has 4 heterocycles. The Morgan fingerprint density at radius 3 is 1.24 bits per heavy atom. The normalized spacial score (nSPS) is 26.9. The van der Waals surface area contributed by atoms with E-state index in [1.165, 1.54) is 84.9 Å². The molecule has 4 aliphatic heterocycles. The van der Waals surface area contributed by atoms with Crippen LogP contribution in [0.15, 0.2) is 121 Å². The predicted octanol–water partition coefficient (Wildman–Crippen LogP) is 4.79. The van der Waals surface area contributed by atoms with Gasteiger partial charge >= 0.3 is 71.8 Å². The van der Waals surface area contributed by atoms with E-state index in [4.69, 9.17) is 176 Å². The SMILES string of the molecule is COC(=O)[C@H]1O[C@@H](O[C@@H]2[C@@H](NC(=O)C(Cl)(Cl)Cl)[C@H](O[C@H]3[C@H](OC(=O)c4ccccc4)[C@@H](OC(=O)c4ccccc4)[C@H](O[C@@H]4[C@@H](NC(=O)C(Cl)(Cl)Cl)[C@H](OCCNC(=O)OCc5ccccc5)O[C@H](COC(=O)c5ccccc5)[C@@H]4OC(=O)CCl)O[C@@H]3C(=O)OC)O[C@H](COC(C)=O)[C@@H]2OC(C)=O)[C@H](OC(C)=O)[C@@H](OC(C)=O)[C@@H]1OC(C)=O. The zero-order chi connectivity index (χ0) is 85.6. The highest BCUT2D eigenvalue weighted by Crippen LogP contribution is 2.41. The number of alkyl carbamates (subject to hydrolysis) is 1. The molecule has 4 fully saturated rings. The summed E-state index contributed by atoms with van der Waals surface area (Å²) in [5.74, 6) is -18.0. The van der Waals surface area contributed by atoms with Crippen molar-refractivity contribution in [1.82, 2.24) is 16.0 Å². The summed E-state index contributed by atoms with van der Waals surface area (Å²) in [6, 6.07) is 24.7. The molecule has 44 heteroatoms. The zero-order valence-electron chi connectivity index (χ0n) is 62.4. The van der Waals surface area contributed by atoms with Gasteiger partial charge in [0.1, 0.15) is 68.3 Å². The van der Waals surface area contributed by atoms with Gasteiger partial charge in [-0.25, -0.2) is 28.8 Å². The van der Waals surface area contributed by atoms with E-state index in [2.05, 4.69) is 16.0 Å². The number of ether oxygens (including phenoxy) is 20. The number of carbonyl (C=O) groups excluding carboxylic acids is 14. The molecule has 8 rings (SSSR count). The first-order chi connectivity index (χ1) is 55.5. The molecule has 0 unspecified atom stereocenters. The lowest BCUT2D eigenvalue weighted by atomic mass is 9.93. The summed E-state index contributed by atoms with van der Waals surface area (Å²) in [7, 11) is 1.64. The summed E-state index contributed by atoms with van der Waals surface area (Å²) >= 11 is 43.7. The van der Waals surface area contributed by atoms with Gasteiger partial charge in [0.25, 0.3) is 19.4 Å². The summed E-state index contributed by atoms with van der Waals surface area (Å²) in [6.07, 6.45) is -42.7. The molecule has 636 valence electrons. The Hall–Kier alpha value is -9.03. The molecule has 20 atom stereocenters. The minimum Gasteiger partial charge on any atom is -0.467 e. The van der Waals surface area contributed by atoms with Gasteiger partial charge in [-0.2, -0.15) is 0 Å². The van der Waals surface area contributed by atoms with E-state index in [-0.39, 0.29) is 23.3 Å². The average molecular weight is 1790 g/mol. The first-order valence-corrected chi connectivity index (χ1v) is 37.7. The Balaban J connectivity index is 1.36. The molecule has 4 aliphatic rings. The van der Waals surface area contributed by atoms with E-state index in [0.717, 1.165) is 48.8 Å². The lowest BCUT2D eigenvalue weighted by Gasteiger charge is -2.51. The molecular formula is C73H76Cl7N3O34. The van der Waals surface area contributed by atoms with Crippen LogP contribution in [0.3, 0.4) is 0 Å². The van der Waals surface area contributed by atoms with Crippen LogP contribution in [0.5, 0.6) is 0 Å². The van der Waals surface area contributed by atoms with Gasteiger partial charge < -0.3 is 111 Å². The number of methoxy groups -OCH3 is 2. The number of hydrogen-bond donors (Lipinski definition) is 3. The van der Waals surface area contributed by atoms with Gasteiger partial charge in [-0.3, -0.25) is 38.4 Å². The fraction of sp³-hybridized carbons (Fsp3) is 0.479. The monoisotopic (exact) mass is 1780 g/mol. The predicted molar refractivity (Wildman–Crippen MR) is 396 cm³/mol. The Labute approximate surface area is 700 Å². The Bertz CT molecular complexity index is 4140. The number of esters is 11. The molecule has 0 bridgehead atoms. The van der Waals surface area contributed by atoms with Gasteiger partial charge in [-0.05, 0) is 42.0 Å². The quantitative estimate of drug-likeness (QED) is 0.0264. The summed E-state index contributed by atoms with van der Waals surface area (Å²) < 4.78 is 114. The number of hydrogen-bond acceptors (Lipinski definition) is 34. The smallest absolute Gasteiger partial charge is 0.407 e. The van der Waals surface area contributed by atoms with Crippen LogP contribution in [0.1, 0.15) is 71.3 Å². The third-order valence-electron chi connectivity index (χ3n) is 16.9. The highest BCUT2D eigenvalue weighted by atomic mass is 35.6. The fourth-order valence-electron chi connectivity index (χ4n) is 12.0. The van der Waals surface area contributed by atoms with Crippen LogP contribution in [0, 0.1) is 0 Å². The maximum atomic E-state index is 15.2. The molecule has 4 saturated heterocycles. The standard InChI is InChI=1S/C73H76Cl7N3O34/c1-34(84)101-32-43-48(104-35(2)85)51(114-67-58(107-38(5)88)54(106-37(4)87)52(105-36(3)86)56(116-67)63(93)98-6)47(83-70(96)73(78,79)80)66(109-43)115-53-55(111-61(91)41-24-16-10-17-25-41)59(112-62(92)42-26-18-11-19-27-42)68(117-57(53)64(94)99-7)113-50-46(82-69(95)72(75,76)77)65(100-29-28-81-71(97)103-31-39-20-12-8-13-21-39)108-44(49(50)110-45(89)30-74)33-102-60(90)40-22-14-9-15-23-40/h8-27,43-44,46-59,65-68H,28-33H2,1-7H3,(H,81,97)(H,82,95)(H,83,96)/t43-,44-,46-,47-,48+,49+,50-,51-,52+,53+,54+,55+,56+,57+,58-,59-,65-,66+,67-,68-/m1/s1. The van der Waals surface area contributed by atoms with E-state index in [9.17, 15) is 52.7 Å². The van der Waals surface area contributed by atoms with Crippen molar-refractivity contribution >= 4 is 165 Å². The lowest BCUT2D eigenvalue weighted by molar-refractivity contribution is -0.369. The Kier molecular flexibility index (Phi) is 34.8. The van der Waals surface area contributed by atoms with E-state index >= 15 is 14.4 Å². The van der Waals surface area contributed by atoms with Crippen LogP contribution in [-0.2, 0) is 149 Å². The molecule has 4 aromatic rings. The summed E-state index contributed by atoms with van der Waals surface area (Å²) in [6.45, 7) is 1.09. The van der Waals surface area contributed by atoms with Gasteiger partial charge in [-0.1, -0.05) is 155 Å². The number of rotatable bonds is 31. The van der Waals surface area contributed by atoms with Gasteiger partial charge in [0.2, 0.25) is 0 Å². The molecule has 0 saturated carbocycles. The highest BCUT2D eigenvalue weighted by Gasteiger charge is 2.63. The van der Waals surface area contributed by atoms with Gasteiger partial charge in [0.05, 0.1) is 37.5 Å². The van der Waals surface area contributed by atoms with Crippen LogP contribution < -0.4 is 16.0 Å². The van der Waals surface area contributed by atoms with E-state index in [0.29, 0.717) is 5.56 Å². The van der Waals surface area contributed by atoms with Crippen LogP contribution in [-0.4, -0.2) is 260 Å². The second-order valence-electron chi connectivity index (χ2n) is 25.3. The van der Waals surface area contributed by atoms with E-state index < -0.39 is 246 Å². The van der Waals surface area contributed by atoms with Crippen molar-refractivity contribution in [2.24, 2.45) is 0 Å². The summed E-state index contributed by atoms with van der Waals surface area (Å²) in [4.78, 5) is 195. The summed E-state index contributed by atoms with van der Waals surface area (Å²) in [5.41, 5.74) is -0.0344. The van der Waals surface area contributed by atoms with Crippen molar-refractivity contribution in [3.05, 3.63) is 144 Å². The molecular weight excluding hydrogens is 1710 g/mol. The highest BCUT2D eigenvalue weighted by molar-refractivity contribution is 6.76. The lowest BCUT2D eigenvalue weighted by Crippen LogP contribution is -2.72. The van der Waals surface area contributed by atoms with Crippen molar-refractivity contribution in [2.45, 2.75) is 172 Å². The fourth-order valence-corrected chi connectivity index (χ4v) is 12.4. The maximum Gasteiger partial charge on any atom is 0.407 e. The molecule has 37 nitrogen and oxygen atoms in total. The first kappa shape index (κ1) is 93.5. The largest absolute Gasteiger partial charge is 0.467 e. The molecule has 0 radical (unpaired) electrons. The van der Waals surface area contributed by atoms with Crippen molar-refractivity contribution in [2.75, 3.05) is 46.5 Å². The minimum atomic E-state index is -3.08. The van der Waals surface area contributed by atoms with Crippen LogP contribution in [0.25, 0.3) is 0 Å². The number of halogens is 7. The maximum absolute atomic E-state index is 15.2. The number of alkyl halides is 7. The molecule has 3 N–H and O–H groups in total. The third-order valence-corrected chi connectivity index (χ3v) is 18.2. The van der Waals surface area contributed by atoms with Crippen molar-refractivity contribution in [3.8, 4) is 0 Å².